The SMILES string of the molecule is C=C(C)Cl.CC.CCc1scc(CNc2cc(NCc3cc(F)cc(F)c3)cc(C(F)(F)F)c2)c1C. The van der Waals surface area contributed by atoms with Crippen molar-refractivity contribution in [3.05, 3.63) is 92.2 Å². The van der Waals surface area contributed by atoms with Crippen LogP contribution in [-0.4, -0.2) is 0 Å². The number of nitrogens with one attached hydrogen (secondary N) is 2. The van der Waals surface area contributed by atoms with Gasteiger partial charge < -0.3 is 10.6 Å². The molecule has 9 heteroatoms. The number of thiophene rings is 1. The average Bonchev–Trinajstić information content (AvgIpc) is 3.15. The van der Waals surface area contributed by atoms with E-state index >= 15 is 0 Å². The molecule has 36 heavy (non-hydrogen) atoms. The van der Waals surface area contributed by atoms with Crippen LogP contribution in [0.1, 0.15) is 54.8 Å². The Bertz CT molecular complexity index is 1100. The molecule has 2 aromatic carbocycles. The summed E-state index contributed by atoms with van der Waals surface area (Å²) in [6.45, 7) is 13.5. The van der Waals surface area contributed by atoms with Gasteiger partial charge in [0.2, 0.25) is 0 Å². The Morgan fingerprint density at radius 2 is 1.44 bits per heavy atom. The fourth-order valence-electron chi connectivity index (χ4n) is 3.13. The van der Waals surface area contributed by atoms with Crippen molar-refractivity contribution >= 4 is 34.3 Å². The zero-order valence-corrected chi connectivity index (χ0v) is 22.6. The third-order valence-corrected chi connectivity index (χ3v) is 6.01. The predicted molar refractivity (Wildman–Crippen MR) is 143 cm³/mol. The third-order valence-electron chi connectivity index (χ3n) is 4.73. The fourth-order valence-corrected chi connectivity index (χ4v) is 4.15. The van der Waals surface area contributed by atoms with Crippen molar-refractivity contribution < 1.29 is 22.0 Å². The highest BCUT2D eigenvalue weighted by Gasteiger charge is 2.31. The summed E-state index contributed by atoms with van der Waals surface area (Å²) < 4.78 is 66.7. The number of aryl methyl sites for hydroxylation is 1. The standard InChI is InChI=1S/C22H21F5N2S.C3H5Cl.C2H6/c1-3-21-13(2)15(12-30-21)11-29-20-7-16(22(25,26)27)6-19(9-20)28-10-14-4-17(23)8-18(24)5-14;1-3(2)4;1-2/h4-9,12,28-29H,3,10-11H2,1-2H3;1H2,2H3;1-2H3. The van der Waals surface area contributed by atoms with Gasteiger partial charge in [-0.15, -0.1) is 11.3 Å². The molecule has 1 heterocycles. The van der Waals surface area contributed by atoms with Gasteiger partial charge in [-0.25, -0.2) is 8.78 Å². The molecule has 0 fully saturated rings. The first kappa shape index (κ1) is 31.4. The van der Waals surface area contributed by atoms with Crippen molar-refractivity contribution in [2.75, 3.05) is 10.6 Å². The topological polar surface area (TPSA) is 24.1 Å². The second-order valence-electron chi connectivity index (χ2n) is 7.62. The zero-order chi connectivity index (χ0) is 27.5. The van der Waals surface area contributed by atoms with Crippen LogP contribution in [0.3, 0.4) is 0 Å². The molecular formula is C27H32ClF5N2S. The molecule has 0 spiro atoms. The lowest BCUT2D eigenvalue weighted by Gasteiger charge is -2.15. The van der Waals surface area contributed by atoms with Crippen molar-refractivity contribution in [3.63, 3.8) is 0 Å². The molecule has 0 unspecified atom stereocenters. The van der Waals surface area contributed by atoms with Gasteiger partial charge in [-0.05, 0) is 72.7 Å². The average molecular weight is 547 g/mol. The second-order valence-corrected chi connectivity index (χ2v) is 9.23. The van der Waals surface area contributed by atoms with E-state index in [1.165, 1.54) is 4.88 Å². The van der Waals surface area contributed by atoms with Crippen LogP contribution in [0.4, 0.5) is 33.3 Å². The summed E-state index contributed by atoms with van der Waals surface area (Å²) in [6, 6.07) is 6.59. The number of hydrogen-bond donors (Lipinski definition) is 2. The van der Waals surface area contributed by atoms with Crippen molar-refractivity contribution in [3.8, 4) is 0 Å². The van der Waals surface area contributed by atoms with Crippen LogP contribution < -0.4 is 10.6 Å². The first-order valence-corrected chi connectivity index (χ1v) is 12.7. The summed E-state index contributed by atoms with van der Waals surface area (Å²) >= 11 is 6.72. The number of anilines is 2. The van der Waals surface area contributed by atoms with Gasteiger partial charge in [0.15, 0.2) is 0 Å². The summed E-state index contributed by atoms with van der Waals surface area (Å²) in [6.07, 6.45) is -3.61. The molecule has 0 aliphatic heterocycles. The van der Waals surface area contributed by atoms with Gasteiger partial charge in [-0.1, -0.05) is 39.0 Å². The summed E-state index contributed by atoms with van der Waals surface area (Å²) in [7, 11) is 0. The molecule has 2 N–H and O–H groups in total. The molecule has 0 aliphatic rings. The molecule has 0 bridgehead atoms. The lowest BCUT2D eigenvalue weighted by molar-refractivity contribution is -0.137. The van der Waals surface area contributed by atoms with E-state index < -0.39 is 23.4 Å². The quantitative estimate of drug-likeness (QED) is 0.288. The molecule has 2 nitrogen and oxygen atoms in total. The van der Waals surface area contributed by atoms with Gasteiger partial charge in [0.1, 0.15) is 11.6 Å². The monoisotopic (exact) mass is 546 g/mol. The molecule has 0 amide bonds. The van der Waals surface area contributed by atoms with Gasteiger partial charge in [-0.2, -0.15) is 13.2 Å². The Kier molecular flexibility index (Phi) is 13.0. The van der Waals surface area contributed by atoms with E-state index in [9.17, 15) is 22.0 Å². The number of alkyl halides is 3. The maximum Gasteiger partial charge on any atom is 0.416 e. The summed E-state index contributed by atoms with van der Waals surface area (Å²) in [4.78, 5) is 1.25. The van der Waals surface area contributed by atoms with Crippen LogP contribution in [0.5, 0.6) is 0 Å². The van der Waals surface area contributed by atoms with E-state index in [1.807, 2.05) is 26.2 Å². The third kappa shape index (κ3) is 10.6. The lowest BCUT2D eigenvalue weighted by atomic mass is 10.1. The molecular weight excluding hydrogens is 515 g/mol. The minimum atomic E-state index is -4.52. The van der Waals surface area contributed by atoms with Crippen LogP contribution in [0, 0.1) is 18.6 Å². The molecule has 0 radical (unpaired) electrons. The van der Waals surface area contributed by atoms with Gasteiger partial charge >= 0.3 is 6.18 Å². The molecule has 3 aromatic rings. The van der Waals surface area contributed by atoms with Crippen LogP contribution in [0.2, 0.25) is 0 Å². The molecule has 0 saturated heterocycles. The zero-order valence-electron chi connectivity index (χ0n) is 21.0. The van der Waals surface area contributed by atoms with Crippen LogP contribution in [0.15, 0.2) is 53.4 Å². The minimum Gasteiger partial charge on any atom is -0.381 e. The summed E-state index contributed by atoms with van der Waals surface area (Å²) in [5.74, 6) is -1.48. The van der Waals surface area contributed by atoms with E-state index in [2.05, 4.69) is 24.1 Å². The van der Waals surface area contributed by atoms with Gasteiger partial charge in [-0.3, -0.25) is 0 Å². The van der Waals surface area contributed by atoms with Crippen LogP contribution >= 0.6 is 22.9 Å². The van der Waals surface area contributed by atoms with Crippen molar-refractivity contribution in [2.24, 2.45) is 0 Å². The second kappa shape index (κ2) is 14.9. The van der Waals surface area contributed by atoms with Crippen LogP contribution in [0.25, 0.3) is 0 Å². The molecule has 3 rings (SSSR count). The minimum absolute atomic E-state index is 0.0150. The molecule has 1 aromatic heterocycles. The fraction of sp³-hybridized carbons (Fsp3) is 0.333. The molecule has 0 atom stereocenters. The number of allylic oxidation sites excluding steroid dienone is 1. The Labute approximate surface area is 219 Å². The highest BCUT2D eigenvalue weighted by molar-refractivity contribution is 7.10. The Hall–Kier alpha value is -2.58. The van der Waals surface area contributed by atoms with Crippen molar-refractivity contribution in [1.29, 1.82) is 0 Å². The molecule has 198 valence electrons. The normalized spacial score (nSPS) is 10.5. The van der Waals surface area contributed by atoms with E-state index in [1.54, 1.807) is 24.3 Å². The maximum atomic E-state index is 13.3. The van der Waals surface area contributed by atoms with E-state index in [4.69, 9.17) is 11.6 Å². The van der Waals surface area contributed by atoms with Gasteiger partial charge in [0.25, 0.3) is 0 Å². The number of rotatable bonds is 7. The van der Waals surface area contributed by atoms with E-state index in [-0.39, 0.29) is 12.2 Å². The van der Waals surface area contributed by atoms with Crippen molar-refractivity contribution in [2.45, 2.75) is 60.3 Å². The van der Waals surface area contributed by atoms with Gasteiger partial charge in [0, 0.05) is 40.4 Å². The lowest BCUT2D eigenvalue weighted by Crippen LogP contribution is -2.09. The Balaban J connectivity index is 0.000000982. The number of hydrogen-bond acceptors (Lipinski definition) is 3. The van der Waals surface area contributed by atoms with E-state index in [0.717, 1.165) is 47.9 Å². The maximum absolute atomic E-state index is 13.3. The highest BCUT2D eigenvalue weighted by atomic mass is 35.5. The highest BCUT2D eigenvalue weighted by Crippen LogP contribution is 2.34. The number of halogens is 6. The summed E-state index contributed by atoms with van der Waals surface area (Å²) in [5, 5.41) is 8.52. The van der Waals surface area contributed by atoms with Gasteiger partial charge in [0.05, 0.1) is 5.56 Å². The number of benzene rings is 2. The predicted octanol–water partition coefficient (Wildman–Crippen LogP) is 9.93. The molecule has 0 aliphatic carbocycles. The first-order valence-electron chi connectivity index (χ1n) is 11.4. The summed E-state index contributed by atoms with van der Waals surface area (Å²) in [5.41, 5.74) is 2.18. The first-order chi connectivity index (χ1) is 16.9. The Morgan fingerprint density at radius 3 is 1.89 bits per heavy atom. The Morgan fingerprint density at radius 1 is 0.944 bits per heavy atom. The smallest absolute Gasteiger partial charge is 0.381 e. The van der Waals surface area contributed by atoms with Crippen molar-refractivity contribution in [1.82, 2.24) is 0 Å². The van der Waals surface area contributed by atoms with E-state index in [0.29, 0.717) is 22.8 Å². The largest absolute Gasteiger partial charge is 0.416 e. The van der Waals surface area contributed by atoms with Crippen LogP contribution in [-0.2, 0) is 25.7 Å². The molecule has 0 saturated carbocycles.